The number of allylic oxidation sites excluding steroid dienone is 2. The molecule has 0 bridgehead atoms. The average molecular weight is 322 g/mol. The van der Waals surface area contributed by atoms with Crippen LogP contribution >= 0.6 is 15.9 Å². The fourth-order valence-corrected chi connectivity index (χ4v) is 2.88. The van der Waals surface area contributed by atoms with Gasteiger partial charge in [-0.1, -0.05) is 12.1 Å². The molecule has 0 radical (unpaired) electrons. The van der Waals surface area contributed by atoms with Crippen molar-refractivity contribution < 1.29 is 4.74 Å². The number of hydrazine groups is 1. The minimum absolute atomic E-state index is 0.278. The first-order valence-electron chi connectivity index (χ1n) is 6.31. The molecule has 1 aromatic rings. The van der Waals surface area contributed by atoms with Crippen LogP contribution in [0.4, 0.5) is 5.69 Å². The second-order valence-electron chi connectivity index (χ2n) is 4.67. The molecule has 0 aromatic heterocycles. The van der Waals surface area contributed by atoms with Gasteiger partial charge >= 0.3 is 0 Å². The SMILES string of the molecule is Nc1cccc(CNN2C=CC(Br)=C3OCCC32)c1. The van der Waals surface area contributed by atoms with Crippen molar-refractivity contribution in [1.29, 1.82) is 0 Å². The number of hydrogen-bond donors (Lipinski definition) is 2. The molecule has 0 spiro atoms. The Kier molecular flexibility index (Phi) is 3.48. The van der Waals surface area contributed by atoms with E-state index in [1.54, 1.807) is 0 Å². The number of nitrogens with zero attached hydrogens (tertiary/aromatic N) is 1. The van der Waals surface area contributed by atoms with Gasteiger partial charge in [0, 0.05) is 24.9 Å². The Morgan fingerprint density at radius 1 is 1.47 bits per heavy atom. The number of halogens is 1. The van der Waals surface area contributed by atoms with Gasteiger partial charge in [0.15, 0.2) is 0 Å². The summed E-state index contributed by atoms with van der Waals surface area (Å²) in [6, 6.07) is 8.19. The zero-order chi connectivity index (χ0) is 13.2. The summed E-state index contributed by atoms with van der Waals surface area (Å²) < 4.78 is 6.69. The smallest absolute Gasteiger partial charge is 0.134 e. The Labute approximate surface area is 121 Å². The van der Waals surface area contributed by atoms with Gasteiger partial charge in [0.2, 0.25) is 0 Å². The van der Waals surface area contributed by atoms with E-state index in [-0.39, 0.29) is 6.04 Å². The first kappa shape index (κ1) is 12.6. The van der Waals surface area contributed by atoms with Crippen LogP contribution in [-0.2, 0) is 11.3 Å². The van der Waals surface area contributed by atoms with Crippen LogP contribution in [-0.4, -0.2) is 17.7 Å². The number of rotatable bonds is 3. The van der Waals surface area contributed by atoms with Crippen molar-refractivity contribution in [3.05, 3.63) is 52.3 Å². The molecule has 0 amide bonds. The molecule has 0 saturated carbocycles. The van der Waals surface area contributed by atoms with Crippen LogP contribution in [0.2, 0.25) is 0 Å². The molecule has 1 atom stereocenters. The Morgan fingerprint density at radius 3 is 3.21 bits per heavy atom. The molecule has 1 saturated heterocycles. The van der Waals surface area contributed by atoms with Crippen molar-refractivity contribution in [2.45, 2.75) is 19.0 Å². The highest BCUT2D eigenvalue weighted by molar-refractivity contribution is 9.11. The molecule has 1 unspecified atom stereocenters. The molecular weight excluding hydrogens is 306 g/mol. The normalized spacial score (nSPS) is 21.5. The third-order valence-electron chi connectivity index (χ3n) is 3.32. The first-order valence-corrected chi connectivity index (χ1v) is 7.10. The fourth-order valence-electron chi connectivity index (χ4n) is 2.38. The lowest BCUT2D eigenvalue weighted by atomic mass is 10.1. The van der Waals surface area contributed by atoms with E-state index in [0.717, 1.165) is 35.5 Å². The van der Waals surface area contributed by atoms with Crippen LogP contribution in [0.15, 0.2) is 46.8 Å². The minimum atomic E-state index is 0.278. The largest absolute Gasteiger partial charge is 0.494 e. The lowest BCUT2D eigenvalue weighted by Crippen LogP contribution is -2.42. The molecule has 2 aliphatic rings. The number of fused-ring (bicyclic) bond motifs is 1. The summed E-state index contributed by atoms with van der Waals surface area (Å²) in [4.78, 5) is 0. The van der Waals surface area contributed by atoms with Crippen LogP contribution in [0, 0.1) is 0 Å². The maximum Gasteiger partial charge on any atom is 0.134 e. The Morgan fingerprint density at radius 2 is 2.37 bits per heavy atom. The van der Waals surface area contributed by atoms with E-state index >= 15 is 0 Å². The summed E-state index contributed by atoms with van der Waals surface area (Å²) in [6.07, 6.45) is 5.04. The van der Waals surface area contributed by atoms with Gasteiger partial charge in [0.05, 0.1) is 11.1 Å². The van der Waals surface area contributed by atoms with Crippen LogP contribution in [0.3, 0.4) is 0 Å². The Bertz CT molecular complexity index is 541. The number of benzene rings is 1. The van der Waals surface area contributed by atoms with E-state index in [1.165, 1.54) is 5.56 Å². The molecular formula is C14H16BrN3O. The van der Waals surface area contributed by atoms with E-state index in [1.807, 2.05) is 30.5 Å². The predicted molar refractivity (Wildman–Crippen MR) is 79.0 cm³/mol. The molecule has 4 nitrogen and oxygen atoms in total. The van der Waals surface area contributed by atoms with Crippen LogP contribution < -0.4 is 11.2 Å². The number of ether oxygens (including phenoxy) is 1. The lowest BCUT2D eigenvalue weighted by molar-refractivity contribution is 0.193. The number of nitrogens with one attached hydrogen (secondary N) is 1. The molecule has 5 heteroatoms. The molecule has 3 N–H and O–H groups in total. The van der Waals surface area contributed by atoms with Crippen molar-refractivity contribution in [2.24, 2.45) is 0 Å². The summed E-state index contributed by atoms with van der Waals surface area (Å²) in [5.74, 6) is 1.02. The third-order valence-corrected chi connectivity index (χ3v) is 3.98. The highest BCUT2D eigenvalue weighted by atomic mass is 79.9. The van der Waals surface area contributed by atoms with E-state index in [0.29, 0.717) is 0 Å². The van der Waals surface area contributed by atoms with Crippen molar-refractivity contribution in [2.75, 3.05) is 12.3 Å². The van der Waals surface area contributed by atoms with Gasteiger partial charge in [0.25, 0.3) is 0 Å². The summed E-state index contributed by atoms with van der Waals surface area (Å²) in [5.41, 5.74) is 11.2. The molecule has 19 heavy (non-hydrogen) atoms. The highest BCUT2D eigenvalue weighted by Crippen LogP contribution is 2.32. The monoisotopic (exact) mass is 321 g/mol. The highest BCUT2D eigenvalue weighted by Gasteiger charge is 2.31. The first-order chi connectivity index (χ1) is 9.24. The maximum atomic E-state index is 5.78. The van der Waals surface area contributed by atoms with Gasteiger partial charge in [0.1, 0.15) is 11.8 Å². The third kappa shape index (κ3) is 2.62. The van der Waals surface area contributed by atoms with Crippen LogP contribution in [0.1, 0.15) is 12.0 Å². The molecule has 100 valence electrons. The van der Waals surface area contributed by atoms with Crippen LogP contribution in [0.5, 0.6) is 0 Å². The maximum absolute atomic E-state index is 5.78. The number of hydrogen-bond acceptors (Lipinski definition) is 4. The number of anilines is 1. The zero-order valence-electron chi connectivity index (χ0n) is 10.5. The van der Waals surface area contributed by atoms with Gasteiger partial charge in [-0.3, -0.25) is 0 Å². The Balaban J connectivity index is 1.67. The summed E-state index contributed by atoms with van der Waals surface area (Å²) in [6.45, 7) is 1.52. The van der Waals surface area contributed by atoms with Crippen molar-refractivity contribution in [1.82, 2.24) is 10.4 Å². The summed E-state index contributed by atoms with van der Waals surface area (Å²) in [7, 11) is 0. The molecule has 3 rings (SSSR count). The number of nitrogens with two attached hydrogens (primary N) is 1. The van der Waals surface area contributed by atoms with Crippen LogP contribution in [0.25, 0.3) is 0 Å². The molecule has 2 heterocycles. The number of nitrogen functional groups attached to an aromatic ring is 1. The van der Waals surface area contributed by atoms with E-state index in [9.17, 15) is 0 Å². The van der Waals surface area contributed by atoms with Gasteiger partial charge in [-0.15, -0.1) is 0 Å². The molecule has 1 fully saturated rings. The topological polar surface area (TPSA) is 50.5 Å². The lowest BCUT2D eigenvalue weighted by Gasteiger charge is -2.30. The van der Waals surface area contributed by atoms with Gasteiger partial charge in [-0.25, -0.2) is 5.43 Å². The predicted octanol–water partition coefficient (Wildman–Crippen LogP) is 2.50. The quantitative estimate of drug-likeness (QED) is 0.840. The van der Waals surface area contributed by atoms with E-state index < -0.39 is 0 Å². The zero-order valence-corrected chi connectivity index (χ0v) is 12.1. The molecule has 2 aliphatic heterocycles. The fraction of sp³-hybridized carbons (Fsp3) is 0.286. The molecule has 1 aromatic carbocycles. The standard InChI is InChI=1S/C14H16BrN3O/c15-12-4-6-18(13-5-7-19-14(12)13)17-9-10-2-1-3-11(16)8-10/h1-4,6,8,13,17H,5,7,9,16H2. The summed E-state index contributed by atoms with van der Waals surface area (Å²) >= 11 is 3.53. The van der Waals surface area contributed by atoms with Gasteiger partial charge in [-0.05, 0) is 39.7 Å². The van der Waals surface area contributed by atoms with Gasteiger partial charge < -0.3 is 15.5 Å². The second kappa shape index (κ2) is 5.27. The molecule has 0 aliphatic carbocycles. The van der Waals surface area contributed by atoms with E-state index in [2.05, 4.69) is 32.4 Å². The van der Waals surface area contributed by atoms with E-state index in [4.69, 9.17) is 10.5 Å². The minimum Gasteiger partial charge on any atom is -0.494 e. The second-order valence-corrected chi connectivity index (χ2v) is 5.52. The van der Waals surface area contributed by atoms with Gasteiger partial charge in [-0.2, -0.15) is 0 Å². The Hall–Kier alpha value is -1.46. The van der Waals surface area contributed by atoms with Crippen molar-refractivity contribution >= 4 is 21.6 Å². The average Bonchev–Trinajstić information content (AvgIpc) is 2.88. The van der Waals surface area contributed by atoms with Crippen molar-refractivity contribution in [3.63, 3.8) is 0 Å². The van der Waals surface area contributed by atoms with Crippen molar-refractivity contribution in [3.8, 4) is 0 Å². The summed E-state index contributed by atoms with van der Waals surface area (Å²) in [5, 5.41) is 2.11.